The van der Waals surface area contributed by atoms with Crippen LogP contribution >= 0.6 is 0 Å². The van der Waals surface area contributed by atoms with Crippen molar-refractivity contribution in [2.45, 2.75) is 39.5 Å². The fourth-order valence-electron chi connectivity index (χ4n) is 1.65. The summed E-state index contributed by atoms with van der Waals surface area (Å²) in [5.41, 5.74) is 0.341. The topological polar surface area (TPSA) is 17.1 Å². The minimum Gasteiger partial charge on any atom is -0.295 e. The molecule has 0 aromatic rings. The molecule has 0 unspecified atom stereocenters. The number of carbonyl (C=O) groups excluding carboxylic acids is 1. The molecule has 62 valence electrons. The van der Waals surface area contributed by atoms with Gasteiger partial charge in [-0.15, -0.1) is 0 Å². The molecule has 0 aliphatic heterocycles. The first-order valence-corrected chi connectivity index (χ1v) is 4.44. The highest BCUT2D eigenvalue weighted by atomic mass is 16.1. The number of ketones is 1. The fourth-order valence-corrected chi connectivity index (χ4v) is 1.65. The van der Waals surface area contributed by atoms with E-state index in [0.717, 1.165) is 25.7 Å². The maximum Gasteiger partial charge on any atom is 0.155 e. The van der Waals surface area contributed by atoms with Gasteiger partial charge in [0.15, 0.2) is 5.78 Å². The third kappa shape index (κ3) is 1.70. The zero-order valence-corrected chi connectivity index (χ0v) is 7.39. The second kappa shape index (κ2) is 3.21. The summed E-state index contributed by atoms with van der Waals surface area (Å²) in [6.45, 7) is 4.40. The summed E-state index contributed by atoms with van der Waals surface area (Å²) < 4.78 is 0. The van der Waals surface area contributed by atoms with Gasteiger partial charge in [-0.1, -0.05) is 19.9 Å². The SMILES string of the molecule is CCC1(CC)C=CC(=O)CC1. The highest BCUT2D eigenvalue weighted by Gasteiger charge is 2.26. The van der Waals surface area contributed by atoms with Crippen LogP contribution in [0.1, 0.15) is 39.5 Å². The van der Waals surface area contributed by atoms with Crippen LogP contribution in [0.3, 0.4) is 0 Å². The average Bonchev–Trinajstić information content (AvgIpc) is 2.07. The summed E-state index contributed by atoms with van der Waals surface area (Å²) in [6, 6.07) is 0. The van der Waals surface area contributed by atoms with Crippen LogP contribution in [0.25, 0.3) is 0 Å². The molecule has 1 aliphatic rings. The van der Waals surface area contributed by atoms with Crippen molar-refractivity contribution < 1.29 is 4.79 Å². The highest BCUT2D eigenvalue weighted by molar-refractivity contribution is 5.90. The molecule has 0 atom stereocenters. The maximum atomic E-state index is 10.9. The molecular formula is C10H16O. The summed E-state index contributed by atoms with van der Waals surface area (Å²) >= 11 is 0. The Kier molecular flexibility index (Phi) is 2.48. The molecule has 0 aromatic carbocycles. The second-order valence-corrected chi connectivity index (χ2v) is 3.37. The van der Waals surface area contributed by atoms with Gasteiger partial charge < -0.3 is 0 Å². The van der Waals surface area contributed by atoms with E-state index in [1.54, 1.807) is 6.08 Å². The zero-order valence-electron chi connectivity index (χ0n) is 7.39. The third-order valence-electron chi connectivity index (χ3n) is 2.90. The van der Waals surface area contributed by atoms with E-state index in [-0.39, 0.29) is 0 Å². The Morgan fingerprint density at radius 3 is 2.45 bits per heavy atom. The van der Waals surface area contributed by atoms with E-state index in [4.69, 9.17) is 0 Å². The summed E-state index contributed by atoms with van der Waals surface area (Å²) in [4.78, 5) is 10.9. The van der Waals surface area contributed by atoms with Gasteiger partial charge in [0.1, 0.15) is 0 Å². The lowest BCUT2D eigenvalue weighted by Gasteiger charge is -2.30. The molecule has 0 heterocycles. The molecule has 11 heavy (non-hydrogen) atoms. The number of allylic oxidation sites excluding steroid dienone is 2. The van der Waals surface area contributed by atoms with E-state index in [1.165, 1.54) is 0 Å². The normalized spacial score (nSPS) is 22.2. The van der Waals surface area contributed by atoms with Crippen molar-refractivity contribution in [1.29, 1.82) is 0 Å². The Balaban J connectivity index is 2.72. The Bertz CT molecular complexity index is 175. The third-order valence-corrected chi connectivity index (χ3v) is 2.90. The first-order chi connectivity index (χ1) is 5.22. The minimum absolute atomic E-state index is 0.294. The zero-order chi connectivity index (χ0) is 8.32. The van der Waals surface area contributed by atoms with Gasteiger partial charge in [0.25, 0.3) is 0 Å². The van der Waals surface area contributed by atoms with Gasteiger partial charge in [0.05, 0.1) is 0 Å². The van der Waals surface area contributed by atoms with Crippen molar-refractivity contribution in [1.82, 2.24) is 0 Å². The van der Waals surface area contributed by atoms with Gasteiger partial charge in [0, 0.05) is 6.42 Å². The molecule has 1 rings (SSSR count). The van der Waals surface area contributed by atoms with Crippen molar-refractivity contribution in [3.05, 3.63) is 12.2 Å². The molecule has 1 heteroatoms. The van der Waals surface area contributed by atoms with Gasteiger partial charge in [0.2, 0.25) is 0 Å². The Labute approximate surface area is 68.5 Å². The predicted octanol–water partition coefficient (Wildman–Crippen LogP) is 2.71. The summed E-state index contributed by atoms with van der Waals surface area (Å²) in [6.07, 6.45) is 7.99. The van der Waals surface area contributed by atoms with Gasteiger partial charge >= 0.3 is 0 Å². The van der Waals surface area contributed by atoms with Crippen LogP contribution in [0.2, 0.25) is 0 Å². The van der Waals surface area contributed by atoms with Gasteiger partial charge in [-0.3, -0.25) is 4.79 Å². The van der Waals surface area contributed by atoms with E-state index in [2.05, 4.69) is 19.9 Å². The van der Waals surface area contributed by atoms with Crippen molar-refractivity contribution in [2.24, 2.45) is 5.41 Å². The molecule has 1 aliphatic carbocycles. The standard InChI is InChI=1S/C10H16O/c1-3-10(4-2)7-5-9(11)6-8-10/h5,7H,3-4,6,8H2,1-2H3. The first-order valence-electron chi connectivity index (χ1n) is 4.44. The van der Waals surface area contributed by atoms with Crippen LogP contribution in [0.4, 0.5) is 0 Å². The Hall–Kier alpha value is -0.590. The molecule has 0 saturated carbocycles. The van der Waals surface area contributed by atoms with Crippen LogP contribution in [-0.2, 0) is 4.79 Å². The van der Waals surface area contributed by atoms with Crippen LogP contribution in [0.15, 0.2) is 12.2 Å². The van der Waals surface area contributed by atoms with E-state index in [9.17, 15) is 4.79 Å². The van der Waals surface area contributed by atoms with E-state index in [0.29, 0.717) is 11.2 Å². The lowest BCUT2D eigenvalue weighted by molar-refractivity contribution is -0.115. The fraction of sp³-hybridized carbons (Fsp3) is 0.700. The van der Waals surface area contributed by atoms with Crippen LogP contribution in [-0.4, -0.2) is 5.78 Å². The second-order valence-electron chi connectivity index (χ2n) is 3.37. The average molecular weight is 152 g/mol. The molecule has 0 spiro atoms. The Morgan fingerprint density at radius 2 is 2.09 bits per heavy atom. The van der Waals surface area contributed by atoms with Crippen LogP contribution < -0.4 is 0 Å². The van der Waals surface area contributed by atoms with Crippen molar-refractivity contribution in [2.75, 3.05) is 0 Å². The van der Waals surface area contributed by atoms with Gasteiger partial charge in [-0.2, -0.15) is 0 Å². The smallest absolute Gasteiger partial charge is 0.155 e. The molecular weight excluding hydrogens is 136 g/mol. The van der Waals surface area contributed by atoms with Gasteiger partial charge in [-0.05, 0) is 30.8 Å². The molecule has 1 nitrogen and oxygen atoms in total. The van der Waals surface area contributed by atoms with Crippen LogP contribution in [0, 0.1) is 5.41 Å². The highest BCUT2D eigenvalue weighted by Crippen LogP contribution is 2.36. The van der Waals surface area contributed by atoms with Gasteiger partial charge in [-0.25, -0.2) is 0 Å². The number of hydrogen-bond donors (Lipinski definition) is 0. The molecule has 0 radical (unpaired) electrons. The molecule has 0 N–H and O–H groups in total. The van der Waals surface area contributed by atoms with Crippen LogP contribution in [0.5, 0.6) is 0 Å². The van der Waals surface area contributed by atoms with Crippen molar-refractivity contribution in [3.8, 4) is 0 Å². The summed E-state index contributed by atoms with van der Waals surface area (Å²) in [7, 11) is 0. The van der Waals surface area contributed by atoms with E-state index < -0.39 is 0 Å². The monoisotopic (exact) mass is 152 g/mol. The first kappa shape index (κ1) is 8.51. The summed E-state index contributed by atoms with van der Waals surface area (Å²) in [5.74, 6) is 0.294. The van der Waals surface area contributed by atoms with Crippen molar-refractivity contribution >= 4 is 5.78 Å². The quantitative estimate of drug-likeness (QED) is 0.594. The number of rotatable bonds is 2. The summed E-state index contributed by atoms with van der Waals surface area (Å²) in [5, 5.41) is 0. The molecule has 0 fully saturated rings. The maximum absolute atomic E-state index is 10.9. The lowest BCUT2D eigenvalue weighted by atomic mass is 9.75. The lowest BCUT2D eigenvalue weighted by Crippen LogP contribution is -2.21. The number of carbonyl (C=O) groups is 1. The number of hydrogen-bond acceptors (Lipinski definition) is 1. The minimum atomic E-state index is 0.294. The van der Waals surface area contributed by atoms with Crippen molar-refractivity contribution in [3.63, 3.8) is 0 Å². The largest absolute Gasteiger partial charge is 0.295 e. The van der Waals surface area contributed by atoms with E-state index >= 15 is 0 Å². The van der Waals surface area contributed by atoms with E-state index in [1.807, 2.05) is 0 Å². The molecule has 0 saturated heterocycles. The molecule has 0 amide bonds. The Morgan fingerprint density at radius 1 is 1.45 bits per heavy atom. The molecule has 0 bridgehead atoms. The predicted molar refractivity (Wildman–Crippen MR) is 46.4 cm³/mol. The molecule has 0 aromatic heterocycles.